The third kappa shape index (κ3) is 4.07. The monoisotopic (exact) mass is 391 g/mol. The maximum atomic E-state index is 13.9. The van der Waals surface area contributed by atoms with Gasteiger partial charge >= 0.3 is 0 Å². The summed E-state index contributed by atoms with van der Waals surface area (Å²) >= 11 is 0. The molecule has 112 valence electrons. The molecule has 0 heterocycles. The van der Waals surface area contributed by atoms with Crippen molar-refractivity contribution in [3.05, 3.63) is 35.6 Å². The summed E-state index contributed by atoms with van der Waals surface area (Å²) in [6, 6.07) is 7.06. The van der Waals surface area contributed by atoms with E-state index in [0.717, 1.165) is 37.5 Å². The van der Waals surface area contributed by atoms with Gasteiger partial charge in [0.15, 0.2) is 5.96 Å². The van der Waals surface area contributed by atoms with E-state index in [9.17, 15) is 4.39 Å². The van der Waals surface area contributed by atoms with E-state index in [4.69, 9.17) is 0 Å². The summed E-state index contributed by atoms with van der Waals surface area (Å²) in [6.07, 6.45) is 2.03. The molecular weight excluding hydrogens is 368 g/mol. The highest BCUT2D eigenvalue weighted by molar-refractivity contribution is 14.0. The van der Waals surface area contributed by atoms with Crippen LogP contribution in [-0.4, -0.2) is 25.6 Å². The van der Waals surface area contributed by atoms with Crippen molar-refractivity contribution in [3.8, 4) is 0 Å². The van der Waals surface area contributed by atoms with Crippen molar-refractivity contribution in [2.24, 2.45) is 4.99 Å². The third-order valence-corrected chi connectivity index (χ3v) is 3.53. The molecule has 0 bridgehead atoms. The minimum absolute atomic E-state index is 0. The van der Waals surface area contributed by atoms with Gasteiger partial charge in [-0.2, -0.15) is 0 Å². The van der Waals surface area contributed by atoms with Crippen LogP contribution >= 0.6 is 24.0 Å². The number of rotatable bonds is 5. The van der Waals surface area contributed by atoms with E-state index in [1.165, 1.54) is 6.07 Å². The second kappa shape index (κ2) is 7.81. The van der Waals surface area contributed by atoms with Crippen molar-refractivity contribution in [2.45, 2.75) is 32.1 Å². The Balaban J connectivity index is 0.00000200. The number of hydrogen-bond donors (Lipinski definition) is 2. The second-order valence-electron chi connectivity index (χ2n) is 4.99. The first-order valence-electron chi connectivity index (χ1n) is 6.99. The highest BCUT2D eigenvalue weighted by atomic mass is 127. The molecule has 1 aliphatic rings. The maximum absolute atomic E-state index is 13.9. The van der Waals surface area contributed by atoms with Gasteiger partial charge in [-0.3, -0.25) is 4.99 Å². The zero-order valence-electron chi connectivity index (χ0n) is 12.1. The van der Waals surface area contributed by atoms with Gasteiger partial charge in [0.05, 0.1) is 6.54 Å². The van der Waals surface area contributed by atoms with Gasteiger partial charge in [0.2, 0.25) is 0 Å². The number of nitrogens with one attached hydrogen (secondary N) is 2. The molecule has 1 fully saturated rings. The van der Waals surface area contributed by atoms with E-state index >= 15 is 0 Å². The molecule has 2 rings (SSSR count). The van der Waals surface area contributed by atoms with Crippen LogP contribution in [0.3, 0.4) is 0 Å². The number of hydrogen-bond acceptors (Lipinski definition) is 1. The lowest BCUT2D eigenvalue weighted by molar-refractivity contribution is 0.572. The molecule has 1 aromatic carbocycles. The van der Waals surface area contributed by atoms with E-state index in [1.807, 2.05) is 26.0 Å². The topological polar surface area (TPSA) is 36.4 Å². The smallest absolute Gasteiger partial charge is 0.191 e. The Labute approximate surface area is 137 Å². The molecule has 0 amide bonds. The molecule has 5 heteroatoms. The molecule has 20 heavy (non-hydrogen) atoms. The van der Waals surface area contributed by atoms with Crippen LogP contribution < -0.4 is 10.6 Å². The van der Waals surface area contributed by atoms with Crippen molar-refractivity contribution in [3.63, 3.8) is 0 Å². The molecule has 1 aliphatic carbocycles. The quantitative estimate of drug-likeness (QED) is 0.460. The summed E-state index contributed by atoms with van der Waals surface area (Å²) in [5.41, 5.74) is 0.729. The molecule has 0 saturated heterocycles. The molecule has 2 N–H and O–H groups in total. The van der Waals surface area contributed by atoms with Crippen LogP contribution in [0.1, 0.15) is 32.3 Å². The zero-order chi connectivity index (χ0) is 13.7. The Bertz CT molecular complexity index is 450. The maximum Gasteiger partial charge on any atom is 0.191 e. The van der Waals surface area contributed by atoms with Crippen molar-refractivity contribution in [1.82, 2.24) is 10.6 Å². The van der Waals surface area contributed by atoms with Crippen LogP contribution in [0, 0.1) is 5.82 Å². The predicted octanol–water partition coefficient (Wildman–Crippen LogP) is 3.05. The summed E-state index contributed by atoms with van der Waals surface area (Å²) in [7, 11) is 0. The van der Waals surface area contributed by atoms with Crippen molar-refractivity contribution >= 4 is 29.9 Å². The minimum Gasteiger partial charge on any atom is -0.357 e. The zero-order valence-corrected chi connectivity index (χ0v) is 14.4. The molecule has 0 aromatic heterocycles. The van der Waals surface area contributed by atoms with Crippen LogP contribution in [0.25, 0.3) is 0 Å². The van der Waals surface area contributed by atoms with Crippen LogP contribution in [0.15, 0.2) is 29.3 Å². The Morgan fingerprint density at radius 2 is 1.80 bits per heavy atom. The van der Waals surface area contributed by atoms with E-state index in [2.05, 4.69) is 15.6 Å². The van der Waals surface area contributed by atoms with Crippen LogP contribution in [0.4, 0.5) is 4.39 Å². The highest BCUT2D eigenvalue weighted by Gasteiger charge is 2.45. The second-order valence-corrected chi connectivity index (χ2v) is 4.99. The minimum atomic E-state index is -0.108. The van der Waals surface area contributed by atoms with Crippen LogP contribution in [-0.2, 0) is 5.41 Å². The molecule has 1 saturated carbocycles. The average molecular weight is 391 g/mol. The van der Waals surface area contributed by atoms with Gasteiger partial charge in [-0.05, 0) is 38.3 Å². The van der Waals surface area contributed by atoms with Gasteiger partial charge in [-0.25, -0.2) is 4.39 Å². The Hall–Kier alpha value is -0.850. The SMILES string of the molecule is CCNC(=NCC1(c2ccccc2F)CC1)NCC.I. The summed E-state index contributed by atoms with van der Waals surface area (Å²) in [5, 5.41) is 6.39. The molecule has 3 nitrogen and oxygen atoms in total. The Morgan fingerprint density at radius 3 is 2.30 bits per heavy atom. The van der Waals surface area contributed by atoms with E-state index < -0.39 is 0 Å². The number of guanidine groups is 1. The molecule has 0 unspecified atom stereocenters. The van der Waals surface area contributed by atoms with Crippen LogP contribution in [0.2, 0.25) is 0 Å². The first kappa shape index (κ1) is 17.2. The average Bonchev–Trinajstić information content (AvgIpc) is 3.18. The molecular formula is C15H23FIN3. The number of nitrogens with zero attached hydrogens (tertiary/aromatic N) is 1. The molecule has 0 spiro atoms. The summed E-state index contributed by atoms with van der Waals surface area (Å²) < 4.78 is 13.9. The predicted molar refractivity (Wildman–Crippen MR) is 92.4 cm³/mol. The summed E-state index contributed by atoms with van der Waals surface area (Å²) in [4.78, 5) is 4.58. The Kier molecular flexibility index (Phi) is 6.71. The van der Waals surface area contributed by atoms with Gasteiger partial charge in [0.1, 0.15) is 5.82 Å². The highest BCUT2D eigenvalue weighted by Crippen LogP contribution is 2.49. The normalized spacial score (nSPS) is 14.9. The van der Waals surface area contributed by atoms with Crippen molar-refractivity contribution in [1.29, 1.82) is 0 Å². The largest absolute Gasteiger partial charge is 0.357 e. The fraction of sp³-hybridized carbons (Fsp3) is 0.533. The van der Waals surface area contributed by atoms with Gasteiger partial charge in [-0.15, -0.1) is 24.0 Å². The first-order valence-corrected chi connectivity index (χ1v) is 6.99. The van der Waals surface area contributed by atoms with Crippen molar-refractivity contribution < 1.29 is 4.39 Å². The lowest BCUT2D eigenvalue weighted by atomic mass is 9.95. The lowest BCUT2D eigenvalue weighted by Crippen LogP contribution is -2.37. The fourth-order valence-electron chi connectivity index (χ4n) is 2.29. The summed E-state index contributed by atoms with van der Waals surface area (Å²) in [6.45, 7) is 6.38. The number of aliphatic imine (C=N–C) groups is 1. The van der Waals surface area contributed by atoms with Gasteiger partial charge in [0, 0.05) is 18.5 Å². The lowest BCUT2D eigenvalue weighted by Gasteiger charge is -2.16. The Morgan fingerprint density at radius 1 is 1.20 bits per heavy atom. The fourth-order valence-corrected chi connectivity index (χ4v) is 2.29. The van der Waals surface area contributed by atoms with E-state index in [-0.39, 0.29) is 35.2 Å². The molecule has 0 radical (unpaired) electrons. The van der Waals surface area contributed by atoms with Gasteiger partial charge in [-0.1, -0.05) is 18.2 Å². The molecule has 0 aliphatic heterocycles. The standard InChI is InChI=1S/C15H22FN3.HI/c1-3-17-14(18-4-2)19-11-15(9-10-15)12-7-5-6-8-13(12)16;/h5-8H,3-4,9-11H2,1-2H3,(H2,17,18,19);1H. The van der Waals surface area contributed by atoms with Crippen LogP contribution in [0.5, 0.6) is 0 Å². The summed E-state index contributed by atoms with van der Waals surface area (Å²) in [5.74, 6) is 0.705. The van der Waals surface area contributed by atoms with Crippen molar-refractivity contribution in [2.75, 3.05) is 19.6 Å². The molecule has 0 atom stereocenters. The first-order chi connectivity index (χ1) is 9.22. The number of halogens is 2. The third-order valence-electron chi connectivity index (χ3n) is 3.53. The van der Waals surface area contributed by atoms with Gasteiger partial charge in [0.25, 0.3) is 0 Å². The van der Waals surface area contributed by atoms with E-state index in [1.54, 1.807) is 6.07 Å². The van der Waals surface area contributed by atoms with Gasteiger partial charge < -0.3 is 10.6 Å². The molecule has 1 aromatic rings. The number of benzene rings is 1. The van der Waals surface area contributed by atoms with E-state index in [0.29, 0.717) is 6.54 Å².